The second-order valence-corrected chi connectivity index (χ2v) is 11.3. The van der Waals surface area contributed by atoms with E-state index in [4.69, 9.17) is 23.2 Å². The van der Waals surface area contributed by atoms with Crippen molar-refractivity contribution in [2.45, 2.75) is 44.2 Å². The second-order valence-electron chi connectivity index (χ2n) is 8.64. The van der Waals surface area contributed by atoms with Crippen molar-refractivity contribution in [1.29, 1.82) is 0 Å². The van der Waals surface area contributed by atoms with E-state index < -0.39 is 28.5 Å². The summed E-state index contributed by atoms with van der Waals surface area (Å²) >= 11 is 12.6. The predicted molar refractivity (Wildman–Crippen MR) is 152 cm³/mol. The molecule has 0 bridgehead atoms. The summed E-state index contributed by atoms with van der Waals surface area (Å²) in [4.78, 5) is 28.4. The van der Waals surface area contributed by atoms with Crippen molar-refractivity contribution in [3.8, 4) is 0 Å². The van der Waals surface area contributed by atoms with E-state index in [0.29, 0.717) is 13.0 Å². The van der Waals surface area contributed by atoms with Gasteiger partial charge in [-0.2, -0.15) is 0 Å². The monoisotopic (exact) mass is 575 g/mol. The molecule has 3 aromatic carbocycles. The number of nitrogens with zero attached hydrogens (tertiary/aromatic N) is 2. The number of halogens is 2. The van der Waals surface area contributed by atoms with Gasteiger partial charge in [-0.3, -0.25) is 13.9 Å². The molecule has 10 heteroatoms. The Kier molecular flexibility index (Phi) is 10.6. The fourth-order valence-corrected chi connectivity index (χ4v) is 5.86. The van der Waals surface area contributed by atoms with Crippen LogP contribution in [0.25, 0.3) is 0 Å². The third kappa shape index (κ3) is 7.28. The van der Waals surface area contributed by atoms with Crippen molar-refractivity contribution in [2.24, 2.45) is 0 Å². The van der Waals surface area contributed by atoms with Crippen molar-refractivity contribution in [3.63, 3.8) is 0 Å². The van der Waals surface area contributed by atoms with Crippen LogP contribution in [0, 0.1) is 0 Å². The Morgan fingerprint density at radius 2 is 1.55 bits per heavy atom. The summed E-state index contributed by atoms with van der Waals surface area (Å²) in [5.41, 5.74) is 0.875. The maximum Gasteiger partial charge on any atom is 0.264 e. The molecular weight excluding hydrogens is 545 g/mol. The van der Waals surface area contributed by atoms with E-state index in [9.17, 15) is 18.0 Å². The molecule has 0 aliphatic heterocycles. The zero-order valence-corrected chi connectivity index (χ0v) is 23.6. The van der Waals surface area contributed by atoms with E-state index in [-0.39, 0.29) is 33.1 Å². The molecule has 2 amide bonds. The molecule has 0 fully saturated rings. The Morgan fingerprint density at radius 1 is 0.921 bits per heavy atom. The summed E-state index contributed by atoms with van der Waals surface area (Å²) in [5, 5.41) is 3.23. The van der Waals surface area contributed by atoms with Gasteiger partial charge in [-0.15, -0.1) is 0 Å². The molecule has 0 aromatic heterocycles. The fourth-order valence-electron chi connectivity index (χ4n) is 3.98. The minimum absolute atomic E-state index is 0.00816. The van der Waals surface area contributed by atoms with E-state index in [1.165, 1.54) is 35.2 Å². The van der Waals surface area contributed by atoms with Crippen LogP contribution in [0.5, 0.6) is 0 Å². The maximum atomic E-state index is 13.9. The van der Waals surface area contributed by atoms with Gasteiger partial charge < -0.3 is 10.2 Å². The summed E-state index contributed by atoms with van der Waals surface area (Å²) in [6, 6.07) is 20.6. The maximum absolute atomic E-state index is 13.9. The number of rotatable bonds is 12. The molecular formula is C28H31Cl2N3O4S. The van der Waals surface area contributed by atoms with Gasteiger partial charge in [-0.1, -0.05) is 85.6 Å². The van der Waals surface area contributed by atoms with Gasteiger partial charge in [0, 0.05) is 18.1 Å². The standard InChI is InChI=1S/C28H31Cl2N3O4S/c1-3-17-31-28(35)25(4-2)32(19-21-11-7-5-8-12-21)27(34)20-33(26-18-22(29)15-16-24(26)30)38(36,37)23-13-9-6-10-14-23/h5-16,18,25H,3-4,17,19-20H2,1-2H3,(H,31,35). The highest BCUT2D eigenvalue weighted by Gasteiger charge is 2.34. The van der Waals surface area contributed by atoms with Crippen LogP contribution >= 0.6 is 23.2 Å². The highest BCUT2D eigenvalue weighted by atomic mass is 35.5. The predicted octanol–water partition coefficient (Wildman–Crippen LogP) is 5.52. The Bertz CT molecular complexity index is 1340. The van der Waals surface area contributed by atoms with Gasteiger partial charge in [0.1, 0.15) is 12.6 Å². The highest BCUT2D eigenvalue weighted by molar-refractivity contribution is 7.92. The van der Waals surface area contributed by atoms with E-state index in [1.807, 2.05) is 44.2 Å². The number of sulfonamides is 1. The molecule has 3 aromatic rings. The SMILES string of the molecule is CCCNC(=O)C(CC)N(Cc1ccccc1)C(=O)CN(c1cc(Cl)ccc1Cl)S(=O)(=O)c1ccccc1. The van der Waals surface area contributed by atoms with E-state index in [0.717, 1.165) is 16.3 Å². The van der Waals surface area contributed by atoms with Gasteiger partial charge >= 0.3 is 0 Å². The van der Waals surface area contributed by atoms with Crippen LogP contribution in [-0.4, -0.2) is 44.3 Å². The van der Waals surface area contributed by atoms with Crippen molar-refractivity contribution in [2.75, 3.05) is 17.4 Å². The molecule has 3 rings (SSSR count). The Hall–Kier alpha value is -3.07. The van der Waals surface area contributed by atoms with Gasteiger partial charge in [0.05, 0.1) is 15.6 Å². The number of carbonyl (C=O) groups excluding carboxylic acids is 2. The summed E-state index contributed by atoms with van der Waals surface area (Å²) < 4.78 is 28.6. The van der Waals surface area contributed by atoms with Crippen LogP contribution in [0.3, 0.4) is 0 Å². The minimum atomic E-state index is -4.22. The zero-order chi connectivity index (χ0) is 27.7. The smallest absolute Gasteiger partial charge is 0.264 e. The molecule has 202 valence electrons. The third-order valence-corrected chi connectivity index (χ3v) is 8.25. The van der Waals surface area contributed by atoms with Crippen molar-refractivity contribution in [1.82, 2.24) is 10.2 Å². The molecule has 0 saturated carbocycles. The molecule has 0 spiro atoms. The van der Waals surface area contributed by atoms with Crippen LogP contribution < -0.4 is 9.62 Å². The van der Waals surface area contributed by atoms with Gasteiger partial charge in [-0.05, 0) is 48.7 Å². The first-order valence-corrected chi connectivity index (χ1v) is 14.5. The van der Waals surface area contributed by atoms with Gasteiger partial charge in [0.15, 0.2) is 0 Å². The van der Waals surface area contributed by atoms with Gasteiger partial charge in [-0.25, -0.2) is 8.42 Å². The topological polar surface area (TPSA) is 86.8 Å². The number of nitrogens with one attached hydrogen (secondary N) is 1. The lowest BCUT2D eigenvalue weighted by Crippen LogP contribution is -2.52. The zero-order valence-electron chi connectivity index (χ0n) is 21.3. The number of hydrogen-bond acceptors (Lipinski definition) is 4. The van der Waals surface area contributed by atoms with Crippen LogP contribution in [-0.2, 0) is 26.2 Å². The number of amides is 2. The largest absolute Gasteiger partial charge is 0.354 e. The Morgan fingerprint density at radius 3 is 2.16 bits per heavy atom. The average molecular weight is 577 g/mol. The average Bonchev–Trinajstić information content (AvgIpc) is 2.92. The van der Waals surface area contributed by atoms with E-state index >= 15 is 0 Å². The molecule has 0 radical (unpaired) electrons. The summed E-state index contributed by atoms with van der Waals surface area (Å²) in [6.07, 6.45) is 1.09. The molecule has 0 aliphatic rings. The Balaban J connectivity index is 2.07. The highest BCUT2D eigenvalue weighted by Crippen LogP contribution is 2.33. The molecule has 0 aliphatic carbocycles. The molecule has 1 atom stereocenters. The van der Waals surface area contributed by atoms with Crippen molar-refractivity contribution in [3.05, 3.63) is 94.5 Å². The van der Waals surface area contributed by atoms with Crippen molar-refractivity contribution >= 4 is 50.7 Å². The molecule has 38 heavy (non-hydrogen) atoms. The number of carbonyl (C=O) groups is 2. The molecule has 0 heterocycles. The molecule has 7 nitrogen and oxygen atoms in total. The second kappa shape index (κ2) is 13.6. The lowest BCUT2D eigenvalue weighted by Gasteiger charge is -2.33. The van der Waals surface area contributed by atoms with E-state index in [2.05, 4.69) is 5.32 Å². The lowest BCUT2D eigenvalue weighted by atomic mass is 10.1. The Labute approximate surface area is 234 Å². The first-order chi connectivity index (χ1) is 18.2. The minimum Gasteiger partial charge on any atom is -0.354 e. The summed E-state index contributed by atoms with van der Waals surface area (Å²) in [5.74, 6) is -0.847. The molecule has 1 N–H and O–H groups in total. The first-order valence-electron chi connectivity index (χ1n) is 12.3. The third-order valence-electron chi connectivity index (χ3n) is 5.92. The van der Waals surface area contributed by atoms with E-state index in [1.54, 1.807) is 18.2 Å². The summed E-state index contributed by atoms with van der Waals surface area (Å²) in [7, 11) is -4.22. The number of hydrogen-bond donors (Lipinski definition) is 1. The first kappa shape index (κ1) is 29.5. The number of anilines is 1. The van der Waals surface area contributed by atoms with Crippen LogP contribution in [0.15, 0.2) is 83.8 Å². The molecule has 0 saturated heterocycles. The van der Waals surface area contributed by atoms with Crippen LogP contribution in [0.4, 0.5) is 5.69 Å². The fraction of sp³-hybridized carbons (Fsp3) is 0.286. The van der Waals surface area contributed by atoms with Crippen LogP contribution in [0.1, 0.15) is 32.3 Å². The van der Waals surface area contributed by atoms with Crippen molar-refractivity contribution < 1.29 is 18.0 Å². The lowest BCUT2D eigenvalue weighted by molar-refractivity contribution is -0.140. The molecule has 1 unspecified atom stereocenters. The number of benzene rings is 3. The van der Waals surface area contributed by atoms with Gasteiger partial charge in [0.25, 0.3) is 10.0 Å². The van der Waals surface area contributed by atoms with Gasteiger partial charge in [0.2, 0.25) is 11.8 Å². The normalized spacial score (nSPS) is 12.0. The van der Waals surface area contributed by atoms with Crippen LogP contribution in [0.2, 0.25) is 10.0 Å². The quantitative estimate of drug-likeness (QED) is 0.308. The summed E-state index contributed by atoms with van der Waals surface area (Å²) in [6.45, 7) is 3.76.